The van der Waals surface area contributed by atoms with Gasteiger partial charge in [0.15, 0.2) is 0 Å². The molecule has 1 aliphatic rings. The van der Waals surface area contributed by atoms with Crippen molar-refractivity contribution in [3.63, 3.8) is 0 Å². The Balaban J connectivity index is 1.85. The van der Waals surface area contributed by atoms with Gasteiger partial charge >= 0.3 is 0 Å². The van der Waals surface area contributed by atoms with Gasteiger partial charge in [0.25, 0.3) is 0 Å². The number of hydrogen-bond donors (Lipinski definition) is 2. The molecule has 1 aliphatic heterocycles. The molecule has 1 heterocycles. The Morgan fingerprint density at radius 2 is 2.40 bits per heavy atom. The number of nitrogens with two attached hydrogens (primary N) is 1. The summed E-state index contributed by atoms with van der Waals surface area (Å²) in [7, 11) is 0. The number of carbonyl (C=O) groups excluding carboxylic acids is 1. The Morgan fingerprint density at radius 3 is 3.10 bits per heavy atom. The van der Waals surface area contributed by atoms with E-state index in [2.05, 4.69) is 10.2 Å². The lowest BCUT2D eigenvalue weighted by atomic mass is 9.92. The molecule has 0 spiro atoms. The molecule has 1 saturated heterocycles. The number of nitrogens with zero attached hydrogens (tertiary/aromatic N) is 1. The Labute approximate surface area is 125 Å². The van der Waals surface area contributed by atoms with Crippen molar-refractivity contribution in [1.82, 2.24) is 4.90 Å². The largest absolute Gasteiger partial charge is 0.328 e. The third-order valence-electron chi connectivity index (χ3n) is 3.76. The highest BCUT2D eigenvalue weighted by atomic mass is 35.5. The predicted octanol–water partition coefficient (Wildman–Crippen LogP) is 2.34. The molecule has 3 N–H and O–H groups in total. The molecule has 5 heteroatoms. The number of likely N-dealkylation sites (tertiary alicyclic amines) is 1. The van der Waals surface area contributed by atoms with Crippen LogP contribution in [-0.2, 0) is 4.79 Å². The summed E-state index contributed by atoms with van der Waals surface area (Å²) < 4.78 is 0. The minimum Gasteiger partial charge on any atom is -0.328 e. The van der Waals surface area contributed by atoms with Gasteiger partial charge in [-0.05, 0) is 50.4 Å². The van der Waals surface area contributed by atoms with Crippen molar-refractivity contribution < 1.29 is 4.79 Å². The Morgan fingerprint density at radius 1 is 1.60 bits per heavy atom. The highest BCUT2D eigenvalue weighted by Crippen LogP contribution is 2.19. The number of anilines is 1. The molecule has 1 aromatic rings. The summed E-state index contributed by atoms with van der Waals surface area (Å²) in [5.41, 5.74) is 6.70. The molecule has 0 bridgehead atoms. The summed E-state index contributed by atoms with van der Waals surface area (Å²) in [5, 5.41) is 3.50. The summed E-state index contributed by atoms with van der Waals surface area (Å²) in [6.45, 7) is 4.32. The minimum atomic E-state index is -0.00223. The maximum absolute atomic E-state index is 12.0. The summed E-state index contributed by atoms with van der Waals surface area (Å²) in [5.74, 6) is 0.486. The molecule has 0 radical (unpaired) electrons. The van der Waals surface area contributed by atoms with Gasteiger partial charge in [-0.2, -0.15) is 0 Å². The van der Waals surface area contributed by atoms with E-state index in [1.807, 2.05) is 19.1 Å². The second-order valence-electron chi connectivity index (χ2n) is 5.56. The average Bonchev–Trinajstić information content (AvgIpc) is 2.38. The van der Waals surface area contributed by atoms with Crippen LogP contribution in [-0.4, -0.2) is 36.5 Å². The van der Waals surface area contributed by atoms with Crippen molar-refractivity contribution in [3.8, 4) is 0 Å². The van der Waals surface area contributed by atoms with E-state index in [1.165, 1.54) is 0 Å². The maximum Gasteiger partial charge on any atom is 0.238 e. The first-order valence-electron chi connectivity index (χ1n) is 7.08. The van der Waals surface area contributed by atoms with Gasteiger partial charge in [0.05, 0.1) is 6.54 Å². The Bertz CT molecular complexity index is 464. The van der Waals surface area contributed by atoms with Crippen LogP contribution in [0.4, 0.5) is 5.69 Å². The molecule has 20 heavy (non-hydrogen) atoms. The van der Waals surface area contributed by atoms with Crippen molar-refractivity contribution in [3.05, 3.63) is 29.3 Å². The summed E-state index contributed by atoms with van der Waals surface area (Å²) in [6.07, 6.45) is 2.26. The molecule has 0 aliphatic carbocycles. The second-order valence-corrected chi connectivity index (χ2v) is 5.99. The molecule has 110 valence electrons. The van der Waals surface area contributed by atoms with E-state index >= 15 is 0 Å². The van der Waals surface area contributed by atoms with Crippen molar-refractivity contribution in [2.24, 2.45) is 11.7 Å². The third kappa shape index (κ3) is 4.47. The molecular weight excluding hydrogens is 274 g/mol. The Hall–Kier alpha value is -1.10. The number of carbonyl (C=O) groups is 1. The molecule has 1 fully saturated rings. The smallest absolute Gasteiger partial charge is 0.238 e. The van der Waals surface area contributed by atoms with Gasteiger partial charge in [0.2, 0.25) is 5.91 Å². The number of benzene rings is 1. The zero-order valence-electron chi connectivity index (χ0n) is 11.8. The lowest BCUT2D eigenvalue weighted by Gasteiger charge is -2.34. The fourth-order valence-electron chi connectivity index (χ4n) is 2.63. The van der Waals surface area contributed by atoms with Crippen LogP contribution in [0.1, 0.15) is 19.8 Å². The quantitative estimate of drug-likeness (QED) is 0.896. The summed E-state index contributed by atoms with van der Waals surface area (Å²) in [6, 6.07) is 7.39. The van der Waals surface area contributed by atoms with Crippen LogP contribution in [0.2, 0.25) is 5.02 Å². The molecule has 0 saturated carbocycles. The normalized spacial score (nSPS) is 21.4. The van der Waals surface area contributed by atoms with Crippen LogP contribution in [0.15, 0.2) is 24.3 Å². The van der Waals surface area contributed by atoms with Gasteiger partial charge in [-0.15, -0.1) is 0 Å². The highest BCUT2D eigenvalue weighted by molar-refractivity contribution is 6.30. The van der Waals surface area contributed by atoms with E-state index in [1.54, 1.807) is 12.1 Å². The number of halogens is 1. The van der Waals surface area contributed by atoms with Crippen molar-refractivity contribution in [2.75, 3.05) is 25.0 Å². The van der Waals surface area contributed by atoms with E-state index in [-0.39, 0.29) is 11.9 Å². The molecule has 2 rings (SSSR count). The maximum atomic E-state index is 12.0. The third-order valence-corrected chi connectivity index (χ3v) is 4.00. The highest BCUT2D eigenvalue weighted by Gasteiger charge is 2.23. The molecule has 0 aromatic heterocycles. The molecule has 2 atom stereocenters. The second kappa shape index (κ2) is 7.07. The SMILES string of the molecule is CC(N)C1CCCN(CC(=O)Nc2cccc(Cl)c2)C1. The first kappa shape index (κ1) is 15.3. The number of hydrogen-bond acceptors (Lipinski definition) is 3. The molecule has 1 aromatic carbocycles. The molecule has 4 nitrogen and oxygen atoms in total. The standard InChI is InChI=1S/C15H22ClN3O/c1-11(17)12-4-3-7-19(9-12)10-15(20)18-14-6-2-5-13(16)8-14/h2,5-6,8,11-12H,3-4,7,9-10,17H2,1H3,(H,18,20). The van der Waals surface area contributed by atoms with Crippen LogP contribution in [0.5, 0.6) is 0 Å². The number of piperidine rings is 1. The average molecular weight is 296 g/mol. The lowest BCUT2D eigenvalue weighted by molar-refractivity contribution is -0.117. The van der Waals surface area contributed by atoms with E-state index in [0.29, 0.717) is 17.5 Å². The topological polar surface area (TPSA) is 58.4 Å². The van der Waals surface area contributed by atoms with E-state index in [4.69, 9.17) is 17.3 Å². The van der Waals surface area contributed by atoms with Crippen molar-refractivity contribution in [1.29, 1.82) is 0 Å². The van der Waals surface area contributed by atoms with Crippen LogP contribution in [0, 0.1) is 5.92 Å². The van der Waals surface area contributed by atoms with E-state index < -0.39 is 0 Å². The first-order chi connectivity index (χ1) is 9.54. The van der Waals surface area contributed by atoms with Crippen LogP contribution >= 0.6 is 11.6 Å². The number of nitrogens with one attached hydrogen (secondary N) is 1. The zero-order chi connectivity index (χ0) is 14.5. The van der Waals surface area contributed by atoms with Gasteiger partial charge in [0.1, 0.15) is 0 Å². The fraction of sp³-hybridized carbons (Fsp3) is 0.533. The van der Waals surface area contributed by atoms with Gasteiger partial charge < -0.3 is 11.1 Å². The fourth-order valence-corrected chi connectivity index (χ4v) is 2.82. The van der Waals surface area contributed by atoms with Gasteiger partial charge in [-0.3, -0.25) is 9.69 Å². The van der Waals surface area contributed by atoms with Crippen LogP contribution in [0.25, 0.3) is 0 Å². The lowest BCUT2D eigenvalue weighted by Crippen LogP contribution is -2.45. The van der Waals surface area contributed by atoms with E-state index in [9.17, 15) is 4.79 Å². The van der Waals surface area contributed by atoms with E-state index in [0.717, 1.165) is 31.6 Å². The van der Waals surface area contributed by atoms with Gasteiger partial charge in [-0.1, -0.05) is 17.7 Å². The van der Waals surface area contributed by atoms with Crippen molar-refractivity contribution in [2.45, 2.75) is 25.8 Å². The summed E-state index contributed by atoms with van der Waals surface area (Å²) >= 11 is 5.90. The predicted molar refractivity (Wildman–Crippen MR) is 82.9 cm³/mol. The zero-order valence-corrected chi connectivity index (χ0v) is 12.6. The number of rotatable bonds is 4. The van der Waals surface area contributed by atoms with Crippen molar-refractivity contribution >= 4 is 23.2 Å². The molecule has 1 amide bonds. The molecular formula is C15H22ClN3O. The Kier molecular flexibility index (Phi) is 5.40. The van der Waals surface area contributed by atoms with Crippen LogP contribution < -0.4 is 11.1 Å². The number of amides is 1. The molecule has 2 unspecified atom stereocenters. The monoisotopic (exact) mass is 295 g/mol. The minimum absolute atomic E-state index is 0.00223. The van der Waals surface area contributed by atoms with Crippen LogP contribution in [0.3, 0.4) is 0 Å². The first-order valence-corrected chi connectivity index (χ1v) is 7.46. The van der Waals surface area contributed by atoms with Gasteiger partial charge in [-0.25, -0.2) is 0 Å². The summed E-state index contributed by atoms with van der Waals surface area (Å²) in [4.78, 5) is 14.2. The van der Waals surface area contributed by atoms with Gasteiger partial charge in [0, 0.05) is 23.3 Å².